The zero-order chi connectivity index (χ0) is 12.0. The predicted octanol–water partition coefficient (Wildman–Crippen LogP) is 2.93. The summed E-state index contributed by atoms with van der Waals surface area (Å²) in [6.45, 7) is 6.28. The number of halogens is 1. The molecule has 1 rings (SSSR count). The molecule has 0 saturated heterocycles. The molecule has 1 aromatic carbocycles. The second-order valence-corrected chi connectivity index (χ2v) is 4.34. The maximum absolute atomic E-state index is 9.90. The van der Waals surface area contributed by atoms with Gasteiger partial charge in [-0.2, -0.15) is 0 Å². The number of nitrogens with one attached hydrogen (secondary N) is 1. The first-order chi connectivity index (χ1) is 7.63. The van der Waals surface area contributed by atoms with Crippen LogP contribution in [0, 0.1) is 0 Å². The number of hydrogen-bond acceptors (Lipinski definition) is 2. The lowest BCUT2D eigenvalue weighted by atomic mass is 10.1. The number of hydrogen-bond donors (Lipinski definition) is 2. The van der Waals surface area contributed by atoms with Crippen LogP contribution < -0.4 is 5.32 Å². The van der Waals surface area contributed by atoms with E-state index in [0.717, 1.165) is 12.0 Å². The molecule has 0 heterocycles. The summed E-state index contributed by atoms with van der Waals surface area (Å²) in [5.74, 6) is 0. The van der Waals surface area contributed by atoms with Gasteiger partial charge < -0.3 is 10.4 Å². The van der Waals surface area contributed by atoms with Crippen LogP contribution in [-0.4, -0.2) is 17.7 Å². The van der Waals surface area contributed by atoms with Crippen molar-refractivity contribution in [3.8, 4) is 0 Å². The van der Waals surface area contributed by atoms with E-state index < -0.39 is 6.10 Å². The first-order valence-corrected chi connectivity index (χ1v) is 5.79. The Hall–Kier alpha value is -0.830. The molecule has 16 heavy (non-hydrogen) atoms. The molecule has 2 atom stereocenters. The fraction of sp³-hybridized carbons (Fsp3) is 0.385. The second-order valence-electron chi connectivity index (χ2n) is 3.90. The third-order valence-corrected chi connectivity index (χ3v) is 2.69. The predicted molar refractivity (Wildman–Crippen MR) is 68.7 cm³/mol. The van der Waals surface area contributed by atoms with Crippen molar-refractivity contribution >= 4 is 11.6 Å². The van der Waals surface area contributed by atoms with Crippen molar-refractivity contribution in [1.82, 2.24) is 5.32 Å². The lowest BCUT2D eigenvalue weighted by molar-refractivity contribution is 0.171. The van der Waals surface area contributed by atoms with E-state index in [2.05, 4.69) is 18.8 Å². The molecule has 0 radical (unpaired) electrons. The van der Waals surface area contributed by atoms with Crippen molar-refractivity contribution in [2.75, 3.05) is 6.54 Å². The van der Waals surface area contributed by atoms with Gasteiger partial charge in [-0.1, -0.05) is 29.8 Å². The maximum Gasteiger partial charge on any atom is 0.0914 e. The summed E-state index contributed by atoms with van der Waals surface area (Å²) in [4.78, 5) is 0. The highest BCUT2D eigenvalue weighted by Gasteiger charge is 2.08. The van der Waals surface area contributed by atoms with Gasteiger partial charge in [0.05, 0.1) is 6.10 Å². The van der Waals surface area contributed by atoms with Crippen LogP contribution in [0.25, 0.3) is 0 Å². The van der Waals surface area contributed by atoms with Crippen molar-refractivity contribution < 1.29 is 5.11 Å². The minimum atomic E-state index is -0.496. The van der Waals surface area contributed by atoms with Crippen LogP contribution in [0.3, 0.4) is 0 Å². The van der Waals surface area contributed by atoms with Crippen LogP contribution in [0.4, 0.5) is 0 Å². The SMILES string of the molecule is C=CCC(C)NCC(O)c1ccc(Cl)cc1. The summed E-state index contributed by atoms with van der Waals surface area (Å²) in [6, 6.07) is 7.58. The van der Waals surface area contributed by atoms with E-state index in [0.29, 0.717) is 17.6 Å². The van der Waals surface area contributed by atoms with Crippen LogP contribution in [-0.2, 0) is 0 Å². The van der Waals surface area contributed by atoms with Crippen molar-refractivity contribution in [2.45, 2.75) is 25.5 Å². The van der Waals surface area contributed by atoms with Gasteiger partial charge in [0.15, 0.2) is 0 Å². The summed E-state index contributed by atoms with van der Waals surface area (Å²) < 4.78 is 0. The third kappa shape index (κ3) is 4.35. The Balaban J connectivity index is 2.43. The molecular formula is C13H18ClNO. The fourth-order valence-electron chi connectivity index (χ4n) is 1.45. The van der Waals surface area contributed by atoms with Gasteiger partial charge in [-0.3, -0.25) is 0 Å². The largest absolute Gasteiger partial charge is 0.387 e. The molecule has 1 aromatic rings. The zero-order valence-corrected chi connectivity index (χ0v) is 10.2. The Kier molecular flexibility index (Phi) is 5.53. The van der Waals surface area contributed by atoms with E-state index >= 15 is 0 Å². The van der Waals surface area contributed by atoms with Gasteiger partial charge in [0, 0.05) is 17.6 Å². The van der Waals surface area contributed by atoms with E-state index in [-0.39, 0.29) is 0 Å². The minimum Gasteiger partial charge on any atom is -0.387 e. The first kappa shape index (κ1) is 13.2. The van der Waals surface area contributed by atoms with Gasteiger partial charge in [-0.25, -0.2) is 0 Å². The Labute approximate surface area is 102 Å². The number of aliphatic hydroxyl groups is 1. The van der Waals surface area contributed by atoms with Gasteiger partial charge in [0.1, 0.15) is 0 Å². The van der Waals surface area contributed by atoms with Crippen molar-refractivity contribution in [3.63, 3.8) is 0 Å². The molecule has 0 aromatic heterocycles. The molecular weight excluding hydrogens is 222 g/mol. The molecule has 0 fully saturated rings. The second kappa shape index (κ2) is 6.69. The summed E-state index contributed by atoms with van der Waals surface area (Å²) in [7, 11) is 0. The molecule has 0 amide bonds. The van der Waals surface area contributed by atoms with Gasteiger partial charge in [-0.15, -0.1) is 6.58 Å². The van der Waals surface area contributed by atoms with E-state index in [9.17, 15) is 5.11 Å². The highest BCUT2D eigenvalue weighted by Crippen LogP contribution is 2.15. The topological polar surface area (TPSA) is 32.3 Å². The molecule has 2 nitrogen and oxygen atoms in total. The van der Waals surface area contributed by atoms with E-state index in [1.807, 2.05) is 18.2 Å². The van der Waals surface area contributed by atoms with Crippen molar-refractivity contribution in [1.29, 1.82) is 0 Å². The lowest BCUT2D eigenvalue weighted by Gasteiger charge is -2.16. The van der Waals surface area contributed by atoms with Gasteiger partial charge in [0.2, 0.25) is 0 Å². The third-order valence-electron chi connectivity index (χ3n) is 2.43. The molecule has 0 saturated carbocycles. The van der Waals surface area contributed by atoms with Gasteiger partial charge in [0.25, 0.3) is 0 Å². The highest BCUT2D eigenvalue weighted by molar-refractivity contribution is 6.30. The summed E-state index contributed by atoms with van der Waals surface area (Å²) in [5, 5.41) is 13.8. The molecule has 0 aliphatic carbocycles. The zero-order valence-electron chi connectivity index (χ0n) is 9.49. The molecule has 88 valence electrons. The summed E-state index contributed by atoms with van der Waals surface area (Å²) in [6.07, 6.45) is 2.27. The van der Waals surface area contributed by atoms with Crippen LogP contribution in [0.5, 0.6) is 0 Å². The van der Waals surface area contributed by atoms with Gasteiger partial charge >= 0.3 is 0 Å². The lowest BCUT2D eigenvalue weighted by Crippen LogP contribution is -2.29. The Bertz CT molecular complexity index is 323. The maximum atomic E-state index is 9.90. The molecule has 3 heteroatoms. The molecule has 2 unspecified atom stereocenters. The van der Waals surface area contributed by atoms with Crippen molar-refractivity contribution in [3.05, 3.63) is 47.5 Å². The number of benzene rings is 1. The molecule has 0 spiro atoms. The van der Waals surface area contributed by atoms with E-state index in [1.54, 1.807) is 12.1 Å². The number of rotatable bonds is 6. The smallest absolute Gasteiger partial charge is 0.0914 e. The first-order valence-electron chi connectivity index (χ1n) is 5.41. The molecule has 0 aliphatic heterocycles. The number of aliphatic hydroxyl groups excluding tert-OH is 1. The fourth-order valence-corrected chi connectivity index (χ4v) is 1.57. The van der Waals surface area contributed by atoms with Crippen LogP contribution in [0.15, 0.2) is 36.9 Å². The molecule has 2 N–H and O–H groups in total. The molecule has 0 aliphatic rings. The Morgan fingerprint density at radius 1 is 1.44 bits per heavy atom. The summed E-state index contributed by atoms with van der Waals surface area (Å²) >= 11 is 5.78. The Morgan fingerprint density at radius 2 is 2.06 bits per heavy atom. The van der Waals surface area contributed by atoms with Crippen molar-refractivity contribution in [2.24, 2.45) is 0 Å². The minimum absolute atomic E-state index is 0.333. The highest BCUT2D eigenvalue weighted by atomic mass is 35.5. The van der Waals surface area contributed by atoms with Crippen LogP contribution >= 0.6 is 11.6 Å². The Morgan fingerprint density at radius 3 is 2.62 bits per heavy atom. The molecule has 0 bridgehead atoms. The quantitative estimate of drug-likeness (QED) is 0.749. The van der Waals surface area contributed by atoms with Crippen LogP contribution in [0.2, 0.25) is 5.02 Å². The average molecular weight is 240 g/mol. The standard InChI is InChI=1S/C13H18ClNO/c1-3-4-10(2)15-9-13(16)11-5-7-12(14)8-6-11/h3,5-8,10,13,15-16H,1,4,9H2,2H3. The normalized spacial score (nSPS) is 14.4. The monoisotopic (exact) mass is 239 g/mol. The van der Waals surface area contributed by atoms with E-state index in [4.69, 9.17) is 11.6 Å². The van der Waals surface area contributed by atoms with Gasteiger partial charge in [-0.05, 0) is 31.0 Å². The summed E-state index contributed by atoms with van der Waals surface area (Å²) in [5.41, 5.74) is 0.878. The van der Waals surface area contributed by atoms with E-state index in [1.165, 1.54) is 0 Å². The van der Waals surface area contributed by atoms with Crippen LogP contribution in [0.1, 0.15) is 25.0 Å². The average Bonchev–Trinajstić information content (AvgIpc) is 2.27.